The van der Waals surface area contributed by atoms with E-state index in [9.17, 15) is 0 Å². The summed E-state index contributed by atoms with van der Waals surface area (Å²) in [5.74, 6) is 2.69. The van der Waals surface area contributed by atoms with Crippen molar-refractivity contribution in [2.24, 2.45) is 0 Å². The lowest BCUT2D eigenvalue weighted by molar-refractivity contribution is 0.353. The van der Waals surface area contributed by atoms with E-state index < -0.39 is 0 Å². The average molecular weight is 281 g/mol. The van der Waals surface area contributed by atoms with E-state index in [0.29, 0.717) is 11.3 Å². The molecule has 0 saturated carbocycles. The lowest BCUT2D eigenvalue weighted by atomic mass is 9.97. The Hall–Kier alpha value is -0.870. The molecule has 1 aliphatic heterocycles. The third-order valence-corrected chi connectivity index (χ3v) is 4.84. The van der Waals surface area contributed by atoms with E-state index in [1.54, 1.807) is 14.2 Å². The van der Waals surface area contributed by atoms with Crippen LogP contribution in [0.2, 0.25) is 0 Å². The van der Waals surface area contributed by atoms with Gasteiger partial charge in [-0.3, -0.25) is 0 Å². The van der Waals surface area contributed by atoms with Gasteiger partial charge >= 0.3 is 0 Å². The Kier molecular flexibility index (Phi) is 4.99. The summed E-state index contributed by atoms with van der Waals surface area (Å²) in [4.78, 5) is 0. The molecule has 0 bridgehead atoms. The largest absolute Gasteiger partial charge is 0.493 e. The smallest absolute Gasteiger partial charge is 0.161 e. The van der Waals surface area contributed by atoms with Gasteiger partial charge in [0.1, 0.15) is 0 Å². The maximum atomic E-state index is 5.43. The van der Waals surface area contributed by atoms with Crippen LogP contribution >= 0.6 is 11.8 Å². The first-order chi connectivity index (χ1) is 9.21. The Morgan fingerprint density at radius 3 is 2.58 bits per heavy atom. The second-order valence-electron chi connectivity index (χ2n) is 4.85. The molecule has 1 aromatic carbocycles. The van der Waals surface area contributed by atoms with Gasteiger partial charge in [0, 0.05) is 17.0 Å². The summed E-state index contributed by atoms with van der Waals surface area (Å²) in [7, 11) is 3.38. The molecule has 4 heteroatoms. The predicted octanol–water partition coefficient (Wildman–Crippen LogP) is 3.38. The second-order valence-corrected chi connectivity index (χ2v) is 6.22. The summed E-state index contributed by atoms with van der Waals surface area (Å²) >= 11 is 1.99. The minimum Gasteiger partial charge on any atom is -0.493 e. The maximum Gasteiger partial charge on any atom is 0.161 e. The van der Waals surface area contributed by atoms with Crippen molar-refractivity contribution >= 4 is 11.8 Å². The third-order valence-electron chi connectivity index (χ3n) is 3.57. The zero-order valence-corrected chi connectivity index (χ0v) is 13.0. The first kappa shape index (κ1) is 14.5. The number of methoxy groups -OCH3 is 2. The number of benzene rings is 1. The van der Waals surface area contributed by atoms with Crippen LogP contribution in [0.5, 0.6) is 11.5 Å². The highest BCUT2D eigenvalue weighted by Crippen LogP contribution is 2.42. The molecule has 0 fully saturated rings. The van der Waals surface area contributed by atoms with Crippen LogP contribution in [-0.2, 0) is 5.75 Å². The van der Waals surface area contributed by atoms with Crippen LogP contribution in [0.3, 0.4) is 0 Å². The molecular formula is C15H23NO2S. The molecule has 0 aliphatic carbocycles. The first-order valence-electron chi connectivity index (χ1n) is 6.81. The maximum absolute atomic E-state index is 5.43. The van der Waals surface area contributed by atoms with E-state index in [1.807, 2.05) is 11.8 Å². The molecule has 0 aromatic heterocycles. The second kappa shape index (κ2) is 6.53. The predicted molar refractivity (Wildman–Crippen MR) is 81.3 cm³/mol. The number of hydrogen-bond acceptors (Lipinski definition) is 4. The fourth-order valence-corrected chi connectivity index (χ4v) is 3.63. The Morgan fingerprint density at radius 1 is 1.26 bits per heavy atom. The summed E-state index contributed by atoms with van der Waals surface area (Å²) in [6.45, 7) is 5.53. The Labute approximate surface area is 120 Å². The van der Waals surface area contributed by atoms with E-state index in [1.165, 1.54) is 11.1 Å². The zero-order chi connectivity index (χ0) is 13.8. The van der Waals surface area contributed by atoms with Gasteiger partial charge in [0.15, 0.2) is 11.5 Å². The Balaban J connectivity index is 2.37. The topological polar surface area (TPSA) is 30.5 Å². The van der Waals surface area contributed by atoms with Crippen molar-refractivity contribution in [3.8, 4) is 11.5 Å². The van der Waals surface area contributed by atoms with Gasteiger partial charge in [0.2, 0.25) is 0 Å². The van der Waals surface area contributed by atoms with Crippen LogP contribution in [0.15, 0.2) is 12.1 Å². The minimum absolute atomic E-state index is 0.397. The van der Waals surface area contributed by atoms with Crippen molar-refractivity contribution in [1.82, 2.24) is 5.32 Å². The first-order valence-corrected chi connectivity index (χ1v) is 7.85. The molecule has 19 heavy (non-hydrogen) atoms. The minimum atomic E-state index is 0.397. The van der Waals surface area contributed by atoms with Crippen molar-refractivity contribution < 1.29 is 9.47 Å². The van der Waals surface area contributed by atoms with Gasteiger partial charge in [-0.2, -0.15) is 11.8 Å². The van der Waals surface area contributed by atoms with E-state index in [2.05, 4.69) is 31.3 Å². The SMILES string of the molecule is CCCNC1c2cc(OC)c(OC)cc2CSC1C. The molecule has 1 aliphatic rings. The normalized spacial score (nSPS) is 21.9. The number of rotatable bonds is 5. The Morgan fingerprint density at radius 2 is 1.95 bits per heavy atom. The van der Waals surface area contributed by atoms with Crippen molar-refractivity contribution in [2.45, 2.75) is 37.3 Å². The molecule has 0 amide bonds. The van der Waals surface area contributed by atoms with Crippen molar-refractivity contribution in [3.05, 3.63) is 23.3 Å². The highest BCUT2D eigenvalue weighted by atomic mass is 32.2. The number of fused-ring (bicyclic) bond motifs is 1. The van der Waals surface area contributed by atoms with Crippen LogP contribution in [0.1, 0.15) is 37.4 Å². The average Bonchev–Trinajstić information content (AvgIpc) is 2.44. The third kappa shape index (κ3) is 3.00. The van der Waals surface area contributed by atoms with Crippen LogP contribution in [0.4, 0.5) is 0 Å². The molecule has 1 N–H and O–H groups in total. The number of thioether (sulfide) groups is 1. The highest BCUT2D eigenvalue weighted by Gasteiger charge is 2.28. The molecule has 106 valence electrons. The molecule has 0 saturated heterocycles. The summed E-state index contributed by atoms with van der Waals surface area (Å²) in [5, 5.41) is 4.23. The number of hydrogen-bond donors (Lipinski definition) is 1. The standard InChI is InChI=1S/C15H23NO2S/c1-5-6-16-15-10(2)19-9-11-7-13(17-3)14(18-4)8-12(11)15/h7-8,10,15-16H,5-6,9H2,1-4H3. The van der Waals surface area contributed by atoms with Gasteiger partial charge < -0.3 is 14.8 Å². The zero-order valence-electron chi connectivity index (χ0n) is 12.2. The quantitative estimate of drug-likeness (QED) is 0.896. The summed E-state index contributed by atoms with van der Waals surface area (Å²) < 4.78 is 10.8. The molecule has 1 heterocycles. The van der Waals surface area contributed by atoms with Crippen LogP contribution in [0, 0.1) is 0 Å². The molecular weight excluding hydrogens is 258 g/mol. The van der Waals surface area contributed by atoms with Crippen molar-refractivity contribution in [3.63, 3.8) is 0 Å². The van der Waals surface area contributed by atoms with Crippen LogP contribution in [-0.4, -0.2) is 26.0 Å². The van der Waals surface area contributed by atoms with Gasteiger partial charge in [-0.1, -0.05) is 13.8 Å². The van der Waals surface area contributed by atoms with Gasteiger partial charge in [0.25, 0.3) is 0 Å². The molecule has 2 unspecified atom stereocenters. The fraction of sp³-hybridized carbons (Fsp3) is 0.600. The summed E-state index contributed by atoms with van der Waals surface area (Å²) in [6.07, 6.45) is 1.15. The van der Waals surface area contributed by atoms with Crippen molar-refractivity contribution in [2.75, 3.05) is 20.8 Å². The monoisotopic (exact) mass is 281 g/mol. The van der Waals surface area contributed by atoms with Gasteiger partial charge in [-0.05, 0) is 36.2 Å². The lowest BCUT2D eigenvalue weighted by Gasteiger charge is -2.32. The molecule has 3 nitrogen and oxygen atoms in total. The molecule has 2 atom stereocenters. The van der Waals surface area contributed by atoms with E-state index in [0.717, 1.165) is 30.2 Å². The number of ether oxygens (including phenoxy) is 2. The van der Waals surface area contributed by atoms with Gasteiger partial charge in [-0.25, -0.2) is 0 Å². The fourth-order valence-electron chi connectivity index (χ4n) is 2.50. The van der Waals surface area contributed by atoms with Gasteiger partial charge in [-0.15, -0.1) is 0 Å². The van der Waals surface area contributed by atoms with E-state index in [-0.39, 0.29) is 0 Å². The van der Waals surface area contributed by atoms with E-state index in [4.69, 9.17) is 9.47 Å². The summed E-state index contributed by atoms with van der Waals surface area (Å²) in [5.41, 5.74) is 2.71. The van der Waals surface area contributed by atoms with Crippen LogP contribution < -0.4 is 14.8 Å². The number of nitrogens with one attached hydrogen (secondary N) is 1. The van der Waals surface area contributed by atoms with Crippen molar-refractivity contribution in [1.29, 1.82) is 0 Å². The van der Waals surface area contributed by atoms with Gasteiger partial charge in [0.05, 0.1) is 14.2 Å². The molecule has 2 rings (SSSR count). The van der Waals surface area contributed by atoms with Crippen LogP contribution in [0.25, 0.3) is 0 Å². The Bertz CT molecular complexity index is 436. The summed E-state index contributed by atoms with van der Waals surface area (Å²) in [6, 6.07) is 4.65. The lowest BCUT2D eigenvalue weighted by Crippen LogP contribution is -2.32. The molecule has 0 spiro atoms. The highest BCUT2D eigenvalue weighted by molar-refractivity contribution is 7.99. The molecule has 1 aromatic rings. The van der Waals surface area contributed by atoms with E-state index >= 15 is 0 Å². The molecule has 0 radical (unpaired) electrons.